The molecule has 0 N–H and O–H groups in total. The maximum atomic E-state index is 5.65. The van der Waals surface area contributed by atoms with E-state index in [0.717, 1.165) is 24.5 Å². The molecule has 0 saturated carbocycles. The molecule has 15 heavy (non-hydrogen) atoms. The van der Waals surface area contributed by atoms with Crippen LogP contribution in [0.3, 0.4) is 0 Å². The largest absolute Gasteiger partial charge is 0.494 e. The summed E-state index contributed by atoms with van der Waals surface area (Å²) in [5.41, 5.74) is 1.25. The van der Waals surface area contributed by atoms with E-state index in [-0.39, 0.29) is 0 Å². The number of ether oxygens (including phenoxy) is 1. The van der Waals surface area contributed by atoms with Gasteiger partial charge in [-0.25, -0.2) is 0 Å². The van der Waals surface area contributed by atoms with Crippen LogP contribution in [0.4, 0.5) is 0 Å². The lowest BCUT2D eigenvalue weighted by Gasteiger charge is -2.06. The minimum Gasteiger partial charge on any atom is -0.494 e. The highest BCUT2D eigenvalue weighted by atomic mass is 32.1. The molecule has 0 radical (unpaired) electrons. The van der Waals surface area contributed by atoms with E-state index in [9.17, 15) is 0 Å². The molecule has 0 saturated heterocycles. The Balaban J connectivity index is 2.10. The van der Waals surface area contributed by atoms with Crippen LogP contribution in [-0.2, 0) is 0 Å². The number of aryl methyl sites for hydroxylation is 1. The fraction of sp³-hybridized carbons (Fsp3) is 0.538. The van der Waals surface area contributed by atoms with Crippen molar-refractivity contribution in [1.82, 2.24) is 0 Å². The summed E-state index contributed by atoms with van der Waals surface area (Å²) in [6.07, 6.45) is 4.86. The van der Waals surface area contributed by atoms with Gasteiger partial charge in [0.2, 0.25) is 0 Å². The van der Waals surface area contributed by atoms with Crippen molar-refractivity contribution in [2.75, 3.05) is 12.4 Å². The Morgan fingerprint density at radius 2 is 1.93 bits per heavy atom. The van der Waals surface area contributed by atoms with E-state index in [4.69, 9.17) is 4.74 Å². The minimum atomic E-state index is 0.829. The Hall–Kier alpha value is -0.630. The highest BCUT2D eigenvalue weighted by molar-refractivity contribution is 7.80. The van der Waals surface area contributed by atoms with Gasteiger partial charge in [-0.1, -0.05) is 25.0 Å². The Morgan fingerprint density at radius 3 is 2.67 bits per heavy atom. The summed E-state index contributed by atoms with van der Waals surface area (Å²) < 4.78 is 5.65. The predicted octanol–water partition coefficient (Wildman–Crippen LogP) is 3.86. The number of thiol groups is 1. The third-order valence-electron chi connectivity index (χ3n) is 2.31. The van der Waals surface area contributed by atoms with Gasteiger partial charge >= 0.3 is 0 Å². The lowest BCUT2D eigenvalue weighted by atomic mass is 10.2. The lowest BCUT2D eigenvalue weighted by Crippen LogP contribution is -1.97. The van der Waals surface area contributed by atoms with E-state index in [1.54, 1.807) is 0 Å². The average molecular weight is 224 g/mol. The minimum absolute atomic E-state index is 0.829. The van der Waals surface area contributed by atoms with Crippen molar-refractivity contribution < 1.29 is 4.74 Å². The van der Waals surface area contributed by atoms with Crippen LogP contribution in [0, 0.1) is 6.92 Å². The smallest absolute Gasteiger partial charge is 0.119 e. The van der Waals surface area contributed by atoms with Crippen LogP contribution in [0.1, 0.15) is 31.2 Å². The molecule has 0 bridgehead atoms. The molecular formula is C13H20OS. The SMILES string of the molecule is Cc1cccc(OCCCCCCS)c1. The highest BCUT2D eigenvalue weighted by Gasteiger charge is 1.94. The molecule has 0 spiro atoms. The van der Waals surface area contributed by atoms with Crippen molar-refractivity contribution in [2.45, 2.75) is 32.6 Å². The lowest BCUT2D eigenvalue weighted by molar-refractivity contribution is 0.305. The molecule has 0 heterocycles. The molecule has 84 valence electrons. The van der Waals surface area contributed by atoms with Crippen molar-refractivity contribution in [3.8, 4) is 5.75 Å². The molecule has 0 aromatic heterocycles. The standard InChI is InChI=1S/C13H20OS/c1-12-7-6-8-13(11-12)14-9-4-2-3-5-10-15/h6-8,11,15H,2-5,9-10H2,1H3. The van der Waals surface area contributed by atoms with Gasteiger partial charge in [-0.2, -0.15) is 12.6 Å². The Kier molecular flexibility index (Phi) is 6.33. The monoisotopic (exact) mass is 224 g/mol. The summed E-state index contributed by atoms with van der Waals surface area (Å²) in [7, 11) is 0. The first-order chi connectivity index (χ1) is 7.33. The van der Waals surface area contributed by atoms with Gasteiger partial charge in [0.05, 0.1) is 6.61 Å². The highest BCUT2D eigenvalue weighted by Crippen LogP contribution is 2.13. The molecular weight excluding hydrogens is 204 g/mol. The summed E-state index contributed by atoms with van der Waals surface area (Å²) in [6, 6.07) is 8.21. The third-order valence-corrected chi connectivity index (χ3v) is 2.63. The van der Waals surface area contributed by atoms with Crippen molar-refractivity contribution in [3.63, 3.8) is 0 Å². The molecule has 0 unspecified atom stereocenters. The second-order valence-electron chi connectivity index (χ2n) is 3.80. The molecule has 0 aliphatic heterocycles. The zero-order valence-electron chi connectivity index (χ0n) is 9.41. The van der Waals surface area contributed by atoms with Crippen LogP contribution < -0.4 is 4.74 Å². The number of hydrogen-bond acceptors (Lipinski definition) is 2. The summed E-state index contributed by atoms with van der Waals surface area (Å²) in [4.78, 5) is 0. The van der Waals surface area contributed by atoms with Gasteiger partial charge in [-0.05, 0) is 43.2 Å². The van der Waals surface area contributed by atoms with E-state index in [1.807, 2.05) is 12.1 Å². The predicted molar refractivity (Wildman–Crippen MR) is 69.0 cm³/mol. The van der Waals surface area contributed by atoms with Crippen LogP contribution in [0.25, 0.3) is 0 Å². The first-order valence-electron chi connectivity index (χ1n) is 5.63. The molecule has 0 fully saturated rings. The zero-order valence-corrected chi connectivity index (χ0v) is 10.3. The second-order valence-corrected chi connectivity index (χ2v) is 4.25. The number of hydrogen-bond donors (Lipinski definition) is 1. The van der Waals surface area contributed by atoms with E-state index < -0.39 is 0 Å². The fourth-order valence-electron chi connectivity index (χ4n) is 1.46. The Morgan fingerprint density at radius 1 is 1.13 bits per heavy atom. The molecule has 1 aromatic carbocycles. The van der Waals surface area contributed by atoms with Crippen LogP contribution in [0.15, 0.2) is 24.3 Å². The first kappa shape index (κ1) is 12.4. The van der Waals surface area contributed by atoms with E-state index in [0.29, 0.717) is 0 Å². The first-order valence-corrected chi connectivity index (χ1v) is 6.26. The van der Waals surface area contributed by atoms with E-state index in [1.165, 1.54) is 24.8 Å². The molecule has 0 aliphatic rings. The average Bonchev–Trinajstić information content (AvgIpc) is 2.23. The van der Waals surface area contributed by atoms with Gasteiger partial charge < -0.3 is 4.74 Å². The molecule has 2 heteroatoms. The Labute approximate surface area is 98.3 Å². The molecule has 1 aromatic rings. The van der Waals surface area contributed by atoms with Crippen LogP contribution in [0.5, 0.6) is 5.75 Å². The van der Waals surface area contributed by atoms with Crippen LogP contribution in [-0.4, -0.2) is 12.4 Å². The number of unbranched alkanes of at least 4 members (excludes halogenated alkanes) is 3. The summed E-state index contributed by atoms with van der Waals surface area (Å²) in [5.74, 6) is 1.99. The normalized spacial score (nSPS) is 10.3. The van der Waals surface area contributed by atoms with Crippen molar-refractivity contribution in [2.24, 2.45) is 0 Å². The molecule has 1 rings (SSSR count). The second kappa shape index (κ2) is 7.63. The third kappa shape index (κ3) is 5.73. The van der Waals surface area contributed by atoms with Crippen molar-refractivity contribution in [1.29, 1.82) is 0 Å². The maximum absolute atomic E-state index is 5.65. The molecule has 0 atom stereocenters. The quantitative estimate of drug-likeness (QED) is 0.546. The van der Waals surface area contributed by atoms with Gasteiger partial charge in [0, 0.05) is 0 Å². The van der Waals surface area contributed by atoms with Gasteiger partial charge in [0.25, 0.3) is 0 Å². The number of rotatable bonds is 7. The van der Waals surface area contributed by atoms with E-state index in [2.05, 4.69) is 31.7 Å². The van der Waals surface area contributed by atoms with Crippen LogP contribution >= 0.6 is 12.6 Å². The van der Waals surface area contributed by atoms with Crippen molar-refractivity contribution in [3.05, 3.63) is 29.8 Å². The van der Waals surface area contributed by atoms with Gasteiger partial charge in [0.15, 0.2) is 0 Å². The maximum Gasteiger partial charge on any atom is 0.119 e. The fourth-order valence-corrected chi connectivity index (χ4v) is 1.69. The summed E-state index contributed by atoms with van der Waals surface area (Å²) in [5, 5.41) is 0. The van der Waals surface area contributed by atoms with Gasteiger partial charge in [-0.3, -0.25) is 0 Å². The molecule has 0 amide bonds. The topological polar surface area (TPSA) is 9.23 Å². The summed E-state index contributed by atoms with van der Waals surface area (Å²) in [6.45, 7) is 2.91. The Bertz CT molecular complexity index is 273. The van der Waals surface area contributed by atoms with Gasteiger partial charge in [-0.15, -0.1) is 0 Å². The zero-order chi connectivity index (χ0) is 10.9. The van der Waals surface area contributed by atoms with Crippen LogP contribution in [0.2, 0.25) is 0 Å². The van der Waals surface area contributed by atoms with E-state index >= 15 is 0 Å². The van der Waals surface area contributed by atoms with Gasteiger partial charge in [0.1, 0.15) is 5.75 Å². The number of benzene rings is 1. The molecule has 0 aliphatic carbocycles. The summed E-state index contributed by atoms with van der Waals surface area (Å²) >= 11 is 4.18. The molecule has 1 nitrogen and oxygen atoms in total. The van der Waals surface area contributed by atoms with Crippen molar-refractivity contribution >= 4 is 12.6 Å².